The molecule has 0 aliphatic carbocycles. The topological polar surface area (TPSA) is 60.8 Å². The van der Waals surface area contributed by atoms with Crippen LogP contribution in [-0.2, 0) is 0 Å². The Hall–Kier alpha value is -0.730. The molecule has 1 saturated heterocycles. The smallest absolute Gasteiger partial charge is 0.0287 e. The van der Waals surface area contributed by atoms with E-state index in [1.165, 1.54) is 0 Å². The molecule has 0 atom stereocenters. The average molecular weight is 140 g/mol. The zero-order chi connectivity index (χ0) is 7.23. The summed E-state index contributed by atoms with van der Waals surface area (Å²) in [7, 11) is 0. The van der Waals surface area contributed by atoms with E-state index in [9.17, 15) is 0 Å². The molecule has 1 heterocycles. The van der Waals surface area contributed by atoms with Crippen molar-refractivity contribution in [3.8, 4) is 0 Å². The summed E-state index contributed by atoms with van der Waals surface area (Å²) in [6, 6.07) is 0. The highest BCUT2D eigenvalue weighted by atomic mass is 15.1. The van der Waals surface area contributed by atoms with Crippen LogP contribution in [0.1, 0.15) is 12.8 Å². The lowest BCUT2D eigenvalue weighted by molar-refractivity contribution is 0.382. The monoisotopic (exact) mass is 140 g/mol. The Morgan fingerprint density at radius 1 is 1.50 bits per heavy atom. The van der Waals surface area contributed by atoms with Gasteiger partial charge in [-0.25, -0.2) is 0 Å². The third-order valence-corrected chi connectivity index (χ3v) is 1.86. The zero-order valence-corrected chi connectivity index (χ0v) is 5.95. The average Bonchev–Trinajstić information content (AvgIpc) is 2.03. The number of hydrogen-bond donors (Lipinski definition) is 1. The number of piperidine rings is 1. The molecule has 1 fully saturated rings. The molecule has 0 aromatic rings. The summed E-state index contributed by atoms with van der Waals surface area (Å²) in [5.41, 5.74) is 8.04. The fourth-order valence-electron chi connectivity index (χ4n) is 1.22. The minimum atomic E-state index is 0.622. The lowest BCUT2D eigenvalue weighted by atomic mass is 9.99. The fourth-order valence-corrected chi connectivity index (χ4v) is 1.22. The van der Waals surface area contributed by atoms with Crippen LogP contribution >= 0.6 is 0 Å². The first kappa shape index (κ1) is 7.38. The molecule has 0 aromatic carbocycles. The van der Waals surface area contributed by atoms with E-state index in [0.717, 1.165) is 25.9 Å². The van der Waals surface area contributed by atoms with Crippen molar-refractivity contribution in [3.63, 3.8) is 0 Å². The predicted molar refractivity (Wildman–Crippen MR) is 39.6 cm³/mol. The number of azide groups is 1. The Bertz CT molecular complexity index is 133. The highest BCUT2D eigenvalue weighted by Crippen LogP contribution is 2.11. The summed E-state index contributed by atoms with van der Waals surface area (Å²) < 4.78 is 0. The van der Waals surface area contributed by atoms with Crippen molar-refractivity contribution in [2.24, 2.45) is 11.0 Å². The minimum absolute atomic E-state index is 0.622. The van der Waals surface area contributed by atoms with E-state index in [1.807, 2.05) is 0 Å². The molecule has 10 heavy (non-hydrogen) atoms. The van der Waals surface area contributed by atoms with Crippen LogP contribution in [0, 0.1) is 5.92 Å². The molecule has 0 aromatic heterocycles. The maximum Gasteiger partial charge on any atom is 0.0287 e. The van der Waals surface area contributed by atoms with Gasteiger partial charge in [-0.05, 0) is 37.4 Å². The predicted octanol–water partition coefficient (Wildman–Crippen LogP) is 1.30. The zero-order valence-electron chi connectivity index (χ0n) is 5.95. The van der Waals surface area contributed by atoms with Gasteiger partial charge < -0.3 is 5.32 Å². The largest absolute Gasteiger partial charge is 0.317 e. The molecule has 0 unspecified atom stereocenters. The highest BCUT2D eigenvalue weighted by molar-refractivity contribution is 4.70. The van der Waals surface area contributed by atoms with Crippen LogP contribution in [0.25, 0.3) is 10.4 Å². The minimum Gasteiger partial charge on any atom is -0.317 e. The van der Waals surface area contributed by atoms with Gasteiger partial charge in [0.25, 0.3) is 0 Å². The van der Waals surface area contributed by atoms with Crippen molar-refractivity contribution in [1.82, 2.24) is 5.32 Å². The second-order valence-corrected chi connectivity index (χ2v) is 2.61. The molecule has 1 aliphatic rings. The van der Waals surface area contributed by atoms with Crippen molar-refractivity contribution in [3.05, 3.63) is 10.4 Å². The van der Waals surface area contributed by atoms with Crippen LogP contribution in [-0.4, -0.2) is 19.6 Å². The fraction of sp³-hybridized carbons (Fsp3) is 1.00. The molecule has 4 heteroatoms. The molecule has 0 radical (unpaired) electrons. The second kappa shape index (κ2) is 4.14. The molecule has 0 bridgehead atoms. The first-order valence-electron chi connectivity index (χ1n) is 3.65. The molecular formula is C6H12N4. The van der Waals surface area contributed by atoms with Gasteiger partial charge in [-0.1, -0.05) is 5.11 Å². The lowest BCUT2D eigenvalue weighted by Crippen LogP contribution is -2.28. The van der Waals surface area contributed by atoms with Crippen LogP contribution in [0.15, 0.2) is 5.11 Å². The summed E-state index contributed by atoms with van der Waals surface area (Å²) in [6.45, 7) is 2.83. The highest BCUT2D eigenvalue weighted by Gasteiger charge is 2.10. The van der Waals surface area contributed by atoms with Gasteiger partial charge in [0.2, 0.25) is 0 Å². The molecule has 0 spiro atoms. The third-order valence-electron chi connectivity index (χ3n) is 1.86. The normalized spacial score (nSPS) is 20.0. The summed E-state index contributed by atoms with van der Waals surface area (Å²) in [6.07, 6.45) is 2.30. The van der Waals surface area contributed by atoms with Crippen LogP contribution in [0.5, 0.6) is 0 Å². The summed E-state index contributed by atoms with van der Waals surface area (Å²) in [5, 5.41) is 6.80. The maximum atomic E-state index is 8.04. The first-order chi connectivity index (χ1) is 4.93. The Labute approximate surface area is 60.2 Å². The van der Waals surface area contributed by atoms with Gasteiger partial charge in [0.15, 0.2) is 0 Å². The Morgan fingerprint density at radius 2 is 2.20 bits per heavy atom. The van der Waals surface area contributed by atoms with Crippen molar-refractivity contribution in [1.29, 1.82) is 0 Å². The number of rotatable bonds is 2. The molecule has 56 valence electrons. The van der Waals surface area contributed by atoms with E-state index in [-0.39, 0.29) is 0 Å². The lowest BCUT2D eigenvalue weighted by Gasteiger charge is -2.20. The van der Waals surface area contributed by atoms with E-state index < -0.39 is 0 Å². The molecule has 4 nitrogen and oxygen atoms in total. The first-order valence-corrected chi connectivity index (χ1v) is 3.65. The van der Waals surface area contributed by atoms with E-state index in [2.05, 4.69) is 15.3 Å². The van der Waals surface area contributed by atoms with E-state index >= 15 is 0 Å². The van der Waals surface area contributed by atoms with Crippen molar-refractivity contribution < 1.29 is 0 Å². The molecule has 1 N–H and O–H groups in total. The van der Waals surface area contributed by atoms with Crippen LogP contribution in [0.4, 0.5) is 0 Å². The quantitative estimate of drug-likeness (QED) is 0.350. The molecular weight excluding hydrogens is 128 g/mol. The summed E-state index contributed by atoms with van der Waals surface area (Å²) in [5.74, 6) is 0.622. The van der Waals surface area contributed by atoms with Gasteiger partial charge in [0.05, 0.1) is 0 Å². The SMILES string of the molecule is [N-]=[N+]=NCC1CCNCC1. The van der Waals surface area contributed by atoms with Gasteiger partial charge in [-0.15, -0.1) is 0 Å². The molecule has 0 amide bonds. The Morgan fingerprint density at radius 3 is 2.80 bits per heavy atom. The van der Waals surface area contributed by atoms with Crippen molar-refractivity contribution >= 4 is 0 Å². The van der Waals surface area contributed by atoms with Crippen LogP contribution in [0.2, 0.25) is 0 Å². The molecule has 1 aliphatic heterocycles. The van der Waals surface area contributed by atoms with E-state index in [0.29, 0.717) is 12.5 Å². The van der Waals surface area contributed by atoms with Gasteiger partial charge in [-0.2, -0.15) is 0 Å². The third kappa shape index (κ3) is 2.25. The van der Waals surface area contributed by atoms with Gasteiger partial charge in [-0.3, -0.25) is 0 Å². The van der Waals surface area contributed by atoms with Gasteiger partial charge >= 0.3 is 0 Å². The van der Waals surface area contributed by atoms with E-state index in [1.54, 1.807) is 0 Å². The summed E-state index contributed by atoms with van der Waals surface area (Å²) >= 11 is 0. The van der Waals surface area contributed by atoms with Crippen LogP contribution < -0.4 is 5.32 Å². The van der Waals surface area contributed by atoms with Gasteiger partial charge in [0.1, 0.15) is 0 Å². The second-order valence-electron chi connectivity index (χ2n) is 2.61. The number of nitrogens with one attached hydrogen (secondary N) is 1. The number of nitrogens with zero attached hydrogens (tertiary/aromatic N) is 3. The van der Waals surface area contributed by atoms with Gasteiger partial charge in [0, 0.05) is 11.5 Å². The standard InChI is InChI=1S/C6H12N4/c7-10-9-5-6-1-3-8-4-2-6/h6,8H,1-5H2. The maximum absolute atomic E-state index is 8.04. The molecule has 0 saturated carbocycles. The van der Waals surface area contributed by atoms with Crippen molar-refractivity contribution in [2.45, 2.75) is 12.8 Å². The van der Waals surface area contributed by atoms with Crippen LogP contribution in [0.3, 0.4) is 0 Å². The van der Waals surface area contributed by atoms with E-state index in [4.69, 9.17) is 5.53 Å². The summed E-state index contributed by atoms with van der Waals surface area (Å²) in [4.78, 5) is 2.73. The number of hydrogen-bond acceptors (Lipinski definition) is 2. The molecule has 1 rings (SSSR count). The van der Waals surface area contributed by atoms with Crippen molar-refractivity contribution in [2.75, 3.05) is 19.6 Å². The Kier molecular flexibility index (Phi) is 3.06. The Balaban J connectivity index is 2.19.